The van der Waals surface area contributed by atoms with Crippen LogP contribution in [-0.4, -0.2) is 26.4 Å². The van der Waals surface area contributed by atoms with Crippen LogP contribution in [0.15, 0.2) is 24.3 Å². The van der Waals surface area contributed by atoms with Gasteiger partial charge in [-0.2, -0.15) is 13.2 Å². The lowest BCUT2D eigenvalue weighted by Gasteiger charge is -2.18. The van der Waals surface area contributed by atoms with E-state index in [1.54, 1.807) is 18.2 Å². The molecule has 1 atom stereocenters. The zero-order chi connectivity index (χ0) is 12.9. The van der Waals surface area contributed by atoms with Crippen molar-refractivity contribution >= 4 is 0 Å². The summed E-state index contributed by atoms with van der Waals surface area (Å²) in [5, 5.41) is 0. The highest BCUT2D eigenvalue weighted by molar-refractivity contribution is 5.32. The minimum atomic E-state index is -4.34. The van der Waals surface area contributed by atoms with E-state index in [1.165, 1.54) is 13.2 Å². The van der Waals surface area contributed by atoms with Crippen LogP contribution in [0.4, 0.5) is 13.2 Å². The summed E-state index contributed by atoms with van der Waals surface area (Å²) in [6, 6.07) is 6.40. The van der Waals surface area contributed by atoms with Gasteiger partial charge in [0.2, 0.25) is 0 Å². The first-order valence-electron chi connectivity index (χ1n) is 5.01. The predicted molar refractivity (Wildman–Crippen MR) is 57.1 cm³/mol. The minimum absolute atomic E-state index is 0.326. The van der Waals surface area contributed by atoms with Crippen molar-refractivity contribution in [2.45, 2.75) is 6.18 Å². The van der Waals surface area contributed by atoms with Gasteiger partial charge in [0, 0.05) is 12.6 Å². The molecule has 17 heavy (non-hydrogen) atoms. The second-order valence-corrected chi connectivity index (χ2v) is 3.46. The molecule has 6 heteroatoms. The van der Waals surface area contributed by atoms with Gasteiger partial charge in [-0.05, 0) is 12.1 Å². The van der Waals surface area contributed by atoms with Crippen molar-refractivity contribution in [3.63, 3.8) is 0 Å². The smallest absolute Gasteiger partial charge is 0.396 e. The minimum Gasteiger partial charge on any atom is -0.497 e. The van der Waals surface area contributed by atoms with E-state index < -0.39 is 25.2 Å². The van der Waals surface area contributed by atoms with Crippen molar-refractivity contribution in [1.29, 1.82) is 0 Å². The molecule has 1 rings (SSSR count). The van der Waals surface area contributed by atoms with Gasteiger partial charge in [-0.1, -0.05) is 6.07 Å². The molecule has 0 aliphatic rings. The van der Waals surface area contributed by atoms with Crippen LogP contribution in [0, 0.1) is 5.92 Å². The van der Waals surface area contributed by atoms with Gasteiger partial charge in [-0.15, -0.1) is 0 Å². The molecule has 0 heterocycles. The second kappa shape index (κ2) is 5.77. The summed E-state index contributed by atoms with van der Waals surface area (Å²) in [5.74, 6) is -0.806. The molecule has 0 amide bonds. The molecule has 0 radical (unpaired) electrons. The van der Waals surface area contributed by atoms with E-state index in [0.717, 1.165) is 0 Å². The van der Waals surface area contributed by atoms with Gasteiger partial charge in [-0.25, -0.2) is 0 Å². The number of hydrogen-bond acceptors (Lipinski definition) is 3. The Morgan fingerprint density at radius 3 is 2.47 bits per heavy atom. The molecule has 0 saturated heterocycles. The van der Waals surface area contributed by atoms with E-state index in [0.29, 0.717) is 11.5 Å². The maximum absolute atomic E-state index is 12.4. The zero-order valence-electron chi connectivity index (χ0n) is 9.33. The standard InChI is InChI=1S/C11H14F3NO2/c1-16-9-3-2-4-10(5-9)17-7-8(6-15)11(12,13)14/h2-5,8H,6-7,15H2,1H3. The molecule has 3 nitrogen and oxygen atoms in total. The largest absolute Gasteiger partial charge is 0.497 e. The first-order chi connectivity index (χ1) is 7.97. The number of halogens is 3. The molecule has 0 saturated carbocycles. The van der Waals surface area contributed by atoms with Gasteiger partial charge < -0.3 is 15.2 Å². The molecule has 0 fully saturated rings. The van der Waals surface area contributed by atoms with Gasteiger partial charge in [0.05, 0.1) is 7.11 Å². The van der Waals surface area contributed by atoms with Gasteiger partial charge >= 0.3 is 6.18 Å². The van der Waals surface area contributed by atoms with Gasteiger partial charge in [0.25, 0.3) is 0 Å². The molecule has 0 bridgehead atoms. The zero-order valence-corrected chi connectivity index (χ0v) is 9.33. The monoisotopic (exact) mass is 249 g/mol. The number of alkyl halides is 3. The Hall–Kier alpha value is -1.43. The van der Waals surface area contributed by atoms with Crippen molar-refractivity contribution < 1.29 is 22.6 Å². The number of hydrogen-bond donors (Lipinski definition) is 1. The molecule has 0 aliphatic heterocycles. The number of nitrogens with two attached hydrogens (primary N) is 1. The van der Waals surface area contributed by atoms with Crippen LogP contribution in [0.5, 0.6) is 11.5 Å². The summed E-state index contributed by atoms with van der Waals surface area (Å²) in [4.78, 5) is 0. The first kappa shape index (κ1) is 13.6. The third-order valence-corrected chi connectivity index (χ3v) is 2.24. The van der Waals surface area contributed by atoms with E-state index in [2.05, 4.69) is 0 Å². The summed E-state index contributed by atoms with van der Waals surface area (Å²) >= 11 is 0. The van der Waals surface area contributed by atoms with E-state index in [4.69, 9.17) is 15.2 Å². The molecule has 0 aromatic heterocycles. The average Bonchev–Trinajstić information content (AvgIpc) is 2.28. The summed E-state index contributed by atoms with van der Waals surface area (Å²) < 4.78 is 47.1. The van der Waals surface area contributed by atoms with E-state index >= 15 is 0 Å². The summed E-state index contributed by atoms with van der Waals surface area (Å²) in [5.41, 5.74) is 5.05. The predicted octanol–water partition coefficient (Wildman–Crippen LogP) is 2.21. The van der Waals surface area contributed by atoms with Gasteiger partial charge in [0.1, 0.15) is 24.0 Å². The van der Waals surface area contributed by atoms with Crippen LogP contribution in [0.25, 0.3) is 0 Å². The van der Waals surface area contributed by atoms with Gasteiger partial charge in [0.15, 0.2) is 0 Å². The van der Waals surface area contributed by atoms with Crippen LogP contribution in [0.3, 0.4) is 0 Å². The lowest BCUT2D eigenvalue weighted by Crippen LogP contribution is -2.35. The topological polar surface area (TPSA) is 44.5 Å². The maximum atomic E-state index is 12.4. The third-order valence-electron chi connectivity index (χ3n) is 2.24. The fourth-order valence-corrected chi connectivity index (χ4v) is 1.18. The molecule has 0 spiro atoms. The Bertz CT molecular complexity index is 355. The average molecular weight is 249 g/mol. The first-order valence-corrected chi connectivity index (χ1v) is 5.01. The van der Waals surface area contributed by atoms with Gasteiger partial charge in [-0.3, -0.25) is 0 Å². The quantitative estimate of drug-likeness (QED) is 0.870. The van der Waals surface area contributed by atoms with Crippen LogP contribution >= 0.6 is 0 Å². The summed E-state index contributed by atoms with van der Waals surface area (Å²) in [6.07, 6.45) is -4.34. The van der Waals surface area contributed by atoms with E-state index in [-0.39, 0.29) is 0 Å². The molecule has 0 aliphatic carbocycles. The third kappa shape index (κ3) is 4.14. The molecule has 96 valence electrons. The van der Waals surface area contributed by atoms with Crippen molar-refractivity contribution in [3.05, 3.63) is 24.3 Å². The van der Waals surface area contributed by atoms with Crippen molar-refractivity contribution in [1.82, 2.24) is 0 Å². The SMILES string of the molecule is COc1cccc(OCC(CN)C(F)(F)F)c1. The number of benzene rings is 1. The summed E-state index contributed by atoms with van der Waals surface area (Å²) in [7, 11) is 1.47. The Kier molecular flexibility index (Phi) is 4.62. The Morgan fingerprint density at radius 1 is 1.29 bits per heavy atom. The van der Waals surface area contributed by atoms with E-state index in [1.807, 2.05) is 0 Å². The Morgan fingerprint density at radius 2 is 1.94 bits per heavy atom. The lowest BCUT2D eigenvalue weighted by molar-refractivity contribution is -0.178. The van der Waals surface area contributed by atoms with E-state index in [9.17, 15) is 13.2 Å². The lowest BCUT2D eigenvalue weighted by atomic mass is 10.1. The number of ether oxygens (including phenoxy) is 2. The molecule has 1 aromatic carbocycles. The number of rotatable bonds is 5. The van der Waals surface area contributed by atoms with Crippen LogP contribution in [-0.2, 0) is 0 Å². The molecular weight excluding hydrogens is 235 g/mol. The Labute approximate surface area is 97.3 Å². The summed E-state index contributed by atoms with van der Waals surface area (Å²) in [6.45, 7) is -0.985. The van der Waals surface area contributed by atoms with Crippen LogP contribution < -0.4 is 15.2 Å². The van der Waals surface area contributed by atoms with Crippen molar-refractivity contribution in [2.75, 3.05) is 20.3 Å². The molecule has 1 aromatic rings. The molecular formula is C11H14F3NO2. The fourth-order valence-electron chi connectivity index (χ4n) is 1.18. The van der Waals surface area contributed by atoms with Crippen LogP contribution in [0.1, 0.15) is 0 Å². The molecule has 2 N–H and O–H groups in total. The second-order valence-electron chi connectivity index (χ2n) is 3.46. The van der Waals surface area contributed by atoms with Crippen molar-refractivity contribution in [2.24, 2.45) is 11.7 Å². The fraction of sp³-hybridized carbons (Fsp3) is 0.455. The maximum Gasteiger partial charge on any atom is 0.396 e. The van der Waals surface area contributed by atoms with Crippen molar-refractivity contribution in [3.8, 4) is 11.5 Å². The highest BCUT2D eigenvalue weighted by Gasteiger charge is 2.39. The highest BCUT2D eigenvalue weighted by atomic mass is 19.4. The number of methoxy groups -OCH3 is 1. The highest BCUT2D eigenvalue weighted by Crippen LogP contribution is 2.27. The molecule has 1 unspecified atom stereocenters. The normalized spacial score (nSPS) is 13.2. The Balaban J connectivity index is 2.59. The van der Waals surface area contributed by atoms with Crippen LogP contribution in [0.2, 0.25) is 0 Å².